The molecule has 0 spiro atoms. The molecular formula is C45H64O8. The molecule has 0 radical (unpaired) electrons. The predicted octanol–water partition coefficient (Wildman–Crippen LogP) is 9.82. The Bertz CT molecular complexity index is 1400. The van der Waals surface area contributed by atoms with Crippen LogP contribution in [0.2, 0.25) is 0 Å². The number of unbranched alkanes of at least 4 members (excludes halogenated alkanes) is 6. The molecule has 2 atom stereocenters. The lowest BCUT2D eigenvalue weighted by molar-refractivity contribution is -0.218. The molecule has 2 saturated carbocycles. The molecule has 8 nitrogen and oxygen atoms in total. The molecule has 0 aromatic heterocycles. The van der Waals surface area contributed by atoms with Gasteiger partial charge in [-0.1, -0.05) is 76.3 Å². The van der Waals surface area contributed by atoms with Crippen molar-refractivity contribution in [3.05, 3.63) is 47.5 Å². The highest BCUT2D eigenvalue weighted by Gasteiger charge is 2.29. The molecule has 2 aliphatic heterocycles. The average Bonchev–Trinajstić information content (AvgIpc) is 4.13. The van der Waals surface area contributed by atoms with Crippen LogP contribution in [0.4, 0.5) is 0 Å². The molecular weight excluding hydrogens is 668 g/mol. The molecule has 2 aromatic carbocycles. The smallest absolute Gasteiger partial charge is 0.314 e. The molecule has 2 unspecified atom stereocenters. The summed E-state index contributed by atoms with van der Waals surface area (Å²) >= 11 is 0. The first kappa shape index (κ1) is 38.8. The maximum Gasteiger partial charge on any atom is 0.314 e. The molecule has 0 bridgehead atoms. The van der Waals surface area contributed by atoms with Gasteiger partial charge in [0.05, 0.1) is 39.0 Å². The van der Waals surface area contributed by atoms with Gasteiger partial charge in [-0.3, -0.25) is 4.79 Å². The van der Waals surface area contributed by atoms with Crippen molar-refractivity contribution in [3.8, 4) is 22.6 Å². The maximum atomic E-state index is 13.1. The molecule has 4 fully saturated rings. The van der Waals surface area contributed by atoms with E-state index in [0.717, 1.165) is 95.8 Å². The number of hydrogen-bond donors (Lipinski definition) is 0. The molecule has 2 saturated heterocycles. The Kier molecular flexibility index (Phi) is 14.9. The number of carbonyl (C=O) groups is 1. The van der Waals surface area contributed by atoms with E-state index >= 15 is 0 Å². The Hall–Kier alpha value is -2.49. The minimum absolute atomic E-state index is 0.00789. The largest absolute Gasteiger partial charge is 0.426 e. The molecule has 53 heavy (non-hydrogen) atoms. The highest BCUT2D eigenvalue weighted by molar-refractivity contribution is 5.80. The molecule has 0 N–H and O–H groups in total. The van der Waals surface area contributed by atoms with Crippen molar-refractivity contribution < 1.29 is 38.3 Å². The number of epoxide rings is 2. The first-order valence-corrected chi connectivity index (χ1v) is 21.3. The average molecular weight is 733 g/mol. The van der Waals surface area contributed by atoms with E-state index in [-0.39, 0.29) is 11.9 Å². The van der Waals surface area contributed by atoms with E-state index in [1.54, 1.807) is 0 Å². The number of ether oxygens (including phenoxy) is 5. The lowest BCUT2D eigenvalue weighted by Crippen LogP contribution is -2.25. The number of carbonyl (C=O) groups excluding carboxylic acids is 1. The van der Waals surface area contributed by atoms with Gasteiger partial charge in [-0.15, -0.1) is 0 Å². The summed E-state index contributed by atoms with van der Waals surface area (Å²) in [6.07, 6.45) is 23.5. The summed E-state index contributed by atoms with van der Waals surface area (Å²) in [7, 11) is 0. The van der Waals surface area contributed by atoms with Crippen molar-refractivity contribution in [1.29, 1.82) is 0 Å². The van der Waals surface area contributed by atoms with Gasteiger partial charge >= 0.3 is 5.97 Å². The number of hydrogen-bond acceptors (Lipinski definition) is 8. The number of esters is 1. The maximum absolute atomic E-state index is 13.1. The minimum Gasteiger partial charge on any atom is -0.426 e. The SMILES string of the molecule is O=C(Oc1ccc2c(c1)Cc1cc(OOCC3CCC(CCCCCCCOCC4CO4)CC3)ccc1-2)C1CCC(CCCCCOCC2CO2)CC1. The van der Waals surface area contributed by atoms with Crippen molar-refractivity contribution in [1.82, 2.24) is 0 Å². The van der Waals surface area contributed by atoms with E-state index < -0.39 is 0 Å². The summed E-state index contributed by atoms with van der Waals surface area (Å²) in [6.45, 7) is 5.66. The molecule has 2 heterocycles. The van der Waals surface area contributed by atoms with E-state index in [2.05, 4.69) is 24.3 Å². The van der Waals surface area contributed by atoms with Crippen LogP contribution in [-0.2, 0) is 35.1 Å². The fourth-order valence-corrected chi connectivity index (χ4v) is 8.79. The number of fused-ring (bicyclic) bond motifs is 3. The third-order valence-electron chi connectivity index (χ3n) is 12.4. The second-order valence-electron chi connectivity index (χ2n) is 16.7. The first-order valence-electron chi connectivity index (χ1n) is 21.3. The van der Waals surface area contributed by atoms with E-state index in [9.17, 15) is 4.79 Å². The third-order valence-corrected chi connectivity index (χ3v) is 12.4. The predicted molar refractivity (Wildman–Crippen MR) is 205 cm³/mol. The summed E-state index contributed by atoms with van der Waals surface area (Å²) < 4.78 is 27.6. The first-order chi connectivity index (χ1) is 26.2. The normalized spacial score (nSPS) is 25.8. The summed E-state index contributed by atoms with van der Waals surface area (Å²) in [5.41, 5.74) is 4.84. The Morgan fingerprint density at radius 2 is 1.09 bits per heavy atom. The standard InChI is InChI=1S/C45H64O8/c46-45(36-17-15-34(16-18-36)10-6-4-8-24-48-30-42-32-50-42)52-39-19-21-43-37(26-39)25-38-27-40(20-22-44(38)43)53-51-28-35-13-11-33(12-14-35)9-5-2-1-3-7-23-47-29-41-31-49-41/h19-22,26-27,33-36,41-42H,1-18,23-25,28-32H2. The van der Waals surface area contributed by atoms with Gasteiger partial charge in [0.25, 0.3) is 0 Å². The van der Waals surface area contributed by atoms with Crippen LogP contribution < -0.4 is 9.62 Å². The Morgan fingerprint density at radius 3 is 1.72 bits per heavy atom. The highest BCUT2D eigenvalue weighted by Crippen LogP contribution is 2.41. The fourth-order valence-electron chi connectivity index (χ4n) is 8.79. The minimum atomic E-state index is -0.0691. The number of rotatable bonds is 24. The highest BCUT2D eigenvalue weighted by atomic mass is 17.2. The van der Waals surface area contributed by atoms with E-state index in [1.165, 1.54) is 106 Å². The lowest BCUT2D eigenvalue weighted by Gasteiger charge is -2.28. The molecule has 3 aliphatic carbocycles. The van der Waals surface area contributed by atoms with Gasteiger partial charge in [0.15, 0.2) is 5.75 Å². The van der Waals surface area contributed by atoms with Gasteiger partial charge in [-0.2, -0.15) is 4.89 Å². The van der Waals surface area contributed by atoms with E-state index in [1.807, 2.05) is 12.1 Å². The van der Waals surface area contributed by atoms with Gasteiger partial charge in [-0.05, 0) is 122 Å². The number of benzene rings is 2. The van der Waals surface area contributed by atoms with Crippen molar-refractivity contribution in [3.63, 3.8) is 0 Å². The zero-order valence-electron chi connectivity index (χ0n) is 32.1. The monoisotopic (exact) mass is 732 g/mol. The van der Waals surface area contributed by atoms with Gasteiger partial charge in [0, 0.05) is 13.2 Å². The quantitative estimate of drug-likeness (QED) is 0.0225. The topological polar surface area (TPSA) is 88.3 Å². The van der Waals surface area contributed by atoms with Crippen LogP contribution in [0.3, 0.4) is 0 Å². The second kappa shape index (κ2) is 20.4. The second-order valence-corrected chi connectivity index (χ2v) is 16.7. The van der Waals surface area contributed by atoms with Crippen LogP contribution in [0.15, 0.2) is 36.4 Å². The Labute approximate surface area is 317 Å². The van der Waals surface area contributed by atoms with Crippen molar-refractivity contribution in [2.45, 2.75) is 134 Å². The Morgan fingerprint density at radius 1 is 0.585 bits per heavy atom. The van der Waals surface area contributed by atoms with Crippen LogP contribution >= 0.6 is 0 Å². The van der Waals surface area contributed by atoms with Crippen molar-refractivity contribution in [2.24, 2.45) is 23.7 Å². The molecule has 2 aromatic rings. The van der Waals surface area contributed by atoms with E-state index in [0.29, 0.717) is 30.5 Å². The summed E-state index contributed by atoms with van der Waals surface area (Å²) in [5, 5.41) is 0. The Balaban J connectivity index is 0.735. The van der Waals surface area contributed by atoms with Crippen LogP contribution in [0.1, 0.15) is 127 Å². The third kappa shape index (κ3) is 12.8. The van der Waals surface area contributed by atoms with Gasteiger partial charge in [0.1, 0.15) is 18.0 Å². The van der Waals surface area contributed by atoms with Crippen molar-refractivity contribution >= 4 is 5.97 Å². The zero-order valence-corrected chi connectivity index (χ0v) is 32.1. The molecule has 7 rings (SSSR count). The zero-order chi connectivity index (χ0) is 36.1. The van der Waals surface area contributed by atoms with Crippen LogP contribution in [0.25, 0.3) is 11.1 Å². The summed E-state index contributed by atoms with van der Waals surface area (Å²) in [6, 6.07) is 12.3. The van der Waals surface area contributed by atoms with Gasteiger partial charge in [-0.25, -0.2) is 0 Å². The molecule has 0 amide bonds. The van der Waals surface area contributed by atoms with Gasteiger partial charge in [0.2, 0.25) is 0 Å². The van der Waals surface area contributed by atoms with Crippen molar-refractivity contribution in [2.75, 3.05) is 46.2 Å². The van der Waals surface area contributed by atoms with Crippen LogP contribution in [0.5, 0.6) is 11.5 Å². The summed E-state index contributed by atoms with van der Waals surface area (Å²) in [5.74, 6) is 3.54. The molecule has 292 valence electrons. The van der Waals surface area contributed by atoms with E-state index in [4.69, 9.17) is 33.5 Å². The molecule has 5 aliphatic rings. The summed E-state index contributed by atoms with van der Waals surface area (Å²) in [4.78, 5) is 24.7. The van der Waals surface area contributed by atoms with Crippen LogP contribution in [-0.4, -0.2) is 64.4 Å². The fraction of sp³-hybridized carbons (Fsp3) is 0.711. The molecule has 8 heteroatoms. The van der Waals surface area contributed by atoms with Crippen LogP contribution in [0, 0.1) is 23.7 Å². The lowest BCUT2D eigenvalue weighted by atomic mass is 9.80. The van der Waals surface area contributed by atoms with Gasteiger partial charge < -0.3 is 28.6 Å².